The first kappa shape index (κ1) is 10.5. The van der Waals surface area contributed by atoms with Crippen LogP contribution in [0.3, 0.4) is 0 Å². The van der Waals surface area contributed by atoms with Gasteiger partial charge in [-0.25, -0.2) is 0 Å². The van der Waals surface area contributed by atoms with Crippen LogP contribution in [0.5, 0.6) is 0 Å². The number of nitrogens with one attached hydrogen (secondary N) is 2. The van der Waals surface area contributed by atoms with Gasteiger partial charge in [-0.05, 0) is 19.1 Å². The van der Waals surface area contributed by atoms with Gasteiger partial charge in [0.05, 0.1) is 11.8 Å². The maximum absolute atomic E-state index is 11.3. The molecule has 1 heterocycles. The average molecular weight is 196 g/mol. The van der Waals surface area contributed by atoms with Gasteiger partial charge in [-0.15, -0.1) is 0 Å². The summed E-state index contributed by atoms with van der Waals surface area (Å²) in [5, 5.41) is 11.4. The quantitative estimate of drug-likeness (QED) is 0.590. The Balaban J connectivity index is 2.56. The normalized spacial score (nSPS) is 12.1. The predicted molar refractivity (Wildman–Crippen MR) is 50.2 cm³/mol. The fourth-order valence-corrected chi connectivity index (χ4v) is 0.949. The van der Waals surface area contributed by atoms with Gasteiger partial charge in [0, 0.05) is 6.54 Å². The summed E-state index contributed by atoms with van der Waals surface area (Å²) >= 11 is 0. The van der Waals surface area contributed by atoms with Crippen molar-refractivity contribution in [2.45, 2.75) is 13.0 Å². The second kappa shape index (κ2) is 4.57. The summed E-state index contributed by atoms with van der Waals surface area (Å²) in [5.41, 5.74) is 0.667. The molecule has 0 saturated heterocycles. The zero-order chi connectivity index (χ0) is 10.6. The number of aromatic nitrogens is 1. The summed E-state index contributed by atoms with van der Waals surface area (Å²) in [6, 6.07) is 3.03. The number of carbonyl (C=O) groups excluding carboxylic acids is 2. The molecule has 1 atom stereocenters. The molecule has 1 aromatic rings. The van der Waals surface area contributed by atoms with Crippen LogP contribution in [0, 0.1) is 0 Å². The van der Waals surface area contributed by atoms with Crippen LogP contribution in [0.1, 0.15) is 27.9 Å². The van der Waals surface area contributed by atoms with Crippen molar-refractivity contribution in [3.05, 3.63) is 23.5 Å². The van der Waals surface area contributed by atoms with Crippen molar-refractivity contribution in [3.63, 3.8) is 0 Å². The molecule has 1 amide bonds. The highest BCUT2D eigenvalue weighted by molar-refractivity contribution is 5.93. The number of aliphatic hydroxyl groups is 1. The molecule has 1 rings (SSSR count). The number of aldehydes is 1. The van der Waals surface area contributed by atoms with Gasteiger partial charge < -0.3 is 15.4 Å². The van der Waals surface area contributed by atoms with E-state index in [-0.39, 0.29) is 12.5 Å². The van der Waals surface area contributed by atoms with E-state index in [1.807, 2.05) is 0 Å². The molecular weight excluding hydrogens is 184 g/mol. The standard InChI is InChI=1S/C9H12N2O3/c1-6(13)4-10-9(14)8-3-2-7(5-12)11-8/h2-3,5-6,11,13H,4H2,1H3,(H,10,14). The van der Waals surface area contributed by atoms with Crippen LogP contribution < -0.4 is 5.32 Å². The second-order valence-electron chi connectivity index (χ2n) is 3.00. The molecule has 1 aromatic heterocycles. The van der Waals surface area contributed by atoms with Crippen LogP contribution in [-0.4, -0.2) is 34.9 Å². The van der Waals surface area contributed by atoms with E-state index in [9.17, 15) is 9.59 Å². The summed E-state index contributed by atoms with van der Waals surface area (Å²) in [6.07, 6.45) is 0.0466. The van der Waals surface area contributed by atoms with Crippen LogP contribution in [0.15, 0.2) is 12.1 Å². The maximum Gasteiger partial charge on any atom is 0.267 e. The topological polar surface area (TPSA) is 82.2 Å². The van der Waals surface area contributed by atoms with E-state index in [2.05, 4.69) is 10.3 Å². The van der Waals surface area contributed by atoms with Crippen LogP contribution >= 0.6 is 0 Å². The number of rotatable bonds is 4. The number of H-pyrrole nitrogens is 1. The van der Waals surface area contributed by atoms with E-state index in [4.69, 9.17) is 5.11 Å². The van der Waals surface area contributed by atoms with Crippen LogP contribution in [-0.2, 0) is 0 Å². The van der Waals surface area contributed by atoms with Gasteiger partial charge in [-0.1, -0.05) is 0 Å². The summed E-state index contributed by atoms with van der Waals surface area (Å²) < 4.78 is 0. The smallest absolute Gasteiger partial charge is 0.267 e. The SMILES string of the molecule is CC(O)CNC(=O)c1ccc(C=O)[nH]1. The minimum atomic E-state index is -0.584. The van der Waals surface area contributed by atoms with Gasteiger partial charge in [0.15, 0.2) is 6.29 Å². The van der Waals surface area contributed by atoms with Gasteiger partial charge >= 0.3 is 0 Å². The Morgan fingerprint density at radius 1 is 1.71 bits per heavy atom. The van der Waals surface area contributed by atoms with Gasteiger partial charge in [0.25, 0.3) is 5.91 Å². The number of hydrogen-bond acceptors (Lipinski definition) is 3. The lowest BCUT2D eigenvalue weighted by molar-refractivity contribution is 0.0919. The molecule has 0 radical (unpaired) electrons. The Morgan fingerprint density at radius 2 is 2.43 bits per heavy atom. The summed E-state index contributed by atoms with van der Waals surface area (Å²) in [6.45, 7) is 1.76. The lowest BCUT2D eigenvalue weighted by Gasteiger charge is -2.05. The molecule has 76 valence electrons. The van der Waals surface area contributed by atoms with Gasteiger partial charge in [-0.2, -0.15) is 0 Å². The molecule has 0 aromatic carbocycles. The average Bonchev–Trinajstić information content (AvgIpc) is 2.62. The summed E-state index contributed by atoms with van der Waals surface area (Å²) in [7, 11) is 0. The monoisotopic (exact) mass is 196 g/mol. The number of hydrogen-bond donors (Lipinski definition) is 3. The molecule has 0 saturated carbocycles. The van der Waals surface area contributed by atoms with Crippen LogP contribution in [0.25, 0.3) is 0 Å². The molecule has 0 aliphatic carbocycles. The minimum Gasteiger partial charge on any atom is -0.392 e. The van der Waals surface area contributed by atoms with E-state index in [1.54, 1.807) is 6.92 Å². The van der Waals surface area contributed by atoms with E-state index in [0.717, 1.165) is 0 Å². The first-order valence-corrected chi connectivity index (χ1v) is 4.24. The largest absolute Gasteiger partial charge is 0.392 e. The Morgan fingerprint density at radius 3 is 2.93 bits per heavy atom. The van der Waals surface area contributed by atoms with Gasteiger partial charge in [0.2, 0.25) is 0 Å². The third kappa shape index (κ3) is 2.70. The molecule has 5 heteroatoms. The number of amides is 1. The Bertz CT molecular complexity index is 331. The van der Waals surface area contributed by atoms with Crippen molar-refractivity contribution in [3.8, 4) is 0 Å². The minimum absolute atomic E-state index is 0.189. The van der Waals surface area contributed by atoms with Crippen LogP contribution in [0.4, 0.5) is 0 Å². The highest BCUT2D eigenvalue weighted by atomic mass is 16.3. The third-order valence-electron chi connectivity index (χ3n) is 1.64. The maximum atomic E-state index is 11.3. The fourth-order valence-electron chi connectivity index (χ4n) is 0.949. The van der Waals surface area contributed by atoms with Crippen molar-refractivity contribution >= 4 is 12.2 Å². The third-order valence-corrected chi connectivity index (χ3v) is 1.64. The molecule has 1 unspecified atom stereocenters. The highest BCUT2D eigenvalue weighted by Crippen LogP contribution is 1.98. The molecular formula is C9H12N2O3. The van der Waals surface area contributed by atoms with Crippen molar-refractivity contribution in [2.75, 3.05) is 6.54 Å². The van der Waals surface area contributed by atoms with E-state index >= 15 is 0 Å². The van der Waals surface area contributed by atoms with E-state index in [1.165, 1.54) is 12.1 Å². The van der Waals surface area contributed by atoms with Crippen LogP contribution in [0.2, 0.25) is 0 Å². The first-order chi connectivity index (χ1) is 6.63. The molecule has 5 nitrogen and oxygen atoms in total. The number of carbonyl (C=O) groups is 2. The molecule has 0 aliphatic heterocycles. The van der Waals surface area contributed by atoms with E-state index in [0.29, 0.717) is 17.7 Å². The Kier molecular flexibility index (Phi) is 3.41. The van der Waals surface area contributed by atoms with Crippen molar-refractivity contribution in [1.82, 2.24) is 10.3 Å². The van der Waals surface area contributed by atoms with Crippen molar-refractivity contribution < 1.29 is 14.7 Å². The molecule has 14 heavy (non-hydrogen) atoms. The lowest BCUT2D eigenvalue weighted by atomic mass is 10.3. The molecule has 3 N–H and O–H groups in total. The zero-order valence-electron chi connectivity index (χ0n) is 7.78. The van der Waals surface area contributed by atoms with Gasteiger partial charge in [0.1, 0.15) is 5.69 Å². The first-order valence-electron chi connectivity index (χ1n) is 4.24. The lowest BCUT2D eigenvalue weighted by Crippen LogP contribution is -2.30. The molecule has 0 fully saturated rings. The summed E-state index contributed by atoms with van der Waals surface area (Å²) in [5.74, 6) is -0.334. The Labute approximate surface area is 81.1 Å². The summed E-state index contributed by atoms with van der Waals surface area (Å²) in [4.78, 5) is 24.2. The Hall–Kier alpha value is -1.62. The molecule has 0 aliphatic rings. The van der Waals surface area contributed by atoms with E-state index < -0.39 is 6.10 Å². The predicted octanol–water partition coefficient (Wildman–Crippen LogP) is -0.0622. The second-order valence-corrected chi connectivity index (χ2v) is 3.00. The highest BCUT2D eigenvalue weighted by Gasteiger charge is 2.07. The zero-order valence-corrected chi connectivity index (χ0v) is 7.78. The van der Waals surface area contributed by atoms with Crippen molar-refractivity contribution in [1.29, 1.82) is 0 Å². The molecule has 0 spiro atoms. The van der Waals surface area contributed by atoms with Crippen molar-refractivity contribution in [2.24, 2.45) is 0 Å². The fraction of sp³-hybridized carbons (Fsp3) is 0.333. The number of aromatic amines is 1. The molecule has 0 bridgehead atoms. The number of aliphatic hydroxyl groups excluding tert-OH is 1. The van der Waals surface area contributed by atoms with Gasteiger partial charge in [-0.3, -0.25) is 9.59 Å².